The lowest BCUT2D eigenvalue weighted by Gasteiger charge is -2.05. The quantitative estimate of drug-likeness (QED) is 0.837. The smallest absolute Gasteiger partial charge is 0.395 e. The average Bonchev–Trinajstić information content (AvgIpc) is 2.72. The second-order valence-corrected chi connectivity index (χ2v) is 4.94. The van der Waals surface area contributed by atoms with Gasteiger partial charge in [0.1, 0.15) is 10.3 Å². The van der Waals surface area contributed by atoms with E-state index < -0.39 is 12.2 Å². The maximum atomic E-state index is 12.9. The number of nitrogens with zero attached hydrogens (tertiary/aromatic N) is 1. The van der Waals surface area contributed by atoms with Crippen LogP contribution in [-0.2, 0) is 0 Å². The number of ether oxygens (including phenoxy) is 2. The Morgan fingerprint density at radius 2 is 1.95 bits per heavy atom. The molecule has 0 aliphatic carbocycles. The molecule has 2 heterocycles. The van der Waals surface area contributed by atoms with Crippen LogP contribution < -0.4 is 14.8 Å². The van der Waals surface area contributed by atoms with E-state index in [1.54, 1.807) is 12.1 Å². The summed E-state index contributed by atoms with van der Waals surface area (Å²) in [6, 6.07) is 8.85. The third kappa shape index (κ3) is 2.94. The first kappa shape index (κ1) is 13.7. The summed E-state index contributed by atoms with van der Waals surface area (Å²) in [5.41, 5.74) is 0.481. The van der Waals surface area contributed by atoms with Crippen molar-refractivity contribution in [2.75, 3.05) is 5.32 Å². The molecule has 0 atom stereocenters. The van der Waals surface area contributed by atoms with Crippen molar-refractivity contribution in [2.45, 2.75) is 6.29 Å². The number of benzene rings is 1. The van der Waals surface area contributed by atoms with Crippen molar-refractivity contribution in [3.05, 3.63) is 46.7 Å². The summed E-state index contributed by atoms with van der Waals surface area (Å²) in [7, 11) is 0. The lowest BCUT2D eigenvalue weighted by molar-refractivity contribution is -0.286. The zero-order chi connectivity index (χ0) is 15.0. The molecule has 1 aromatic heterocycles. The number of pyridine rings is 1. The summed E-state index contributed by atoms with van der Waals surface area (Å²) >= 11 is 3.16. The van der Waals surface area contributed by atoms with Crippen molar-refractivity contribution in [3.8, 4) is 11.5 Å². The van der Waals surface area contributed by atoms with Crippen LogP contribution in [0.3, 0.4) is 0 Å². The molecule has 108 valence electrons. The molecule has 1 aliphatic heterocycles. The topological polar surface area (TPSA) is 60.5 Å². The second-order valence-electron chi connectivity index (χ2n) is 4.13. The van der Waals surface area contributed by atoms with Gasteiger partial charge in [0.25, 0.3) is 5.91 Å². The molecule has 0 saturated carbocycles. The van der Waals surface area contributed by atoms with Gasteiger partial charge in [-0.2, -0.15) is 0 Å². The van der Waals surface area contributed by atoms with Gasteiger partial charge in [0.2, 0.25) is 0 Å². The maximum Gasteiger partial charge on any atom is 0.586 e. The highest BCUT2D eigenvalue weighted by atomic mass is 79.9. The fourth-order valence-corrected chi connectivity index (χ4v) is 2.10. The highest BCUT2D eigenvalue weighted by molar-refractivity contribution is 9.10. The molecule has 8 heteroatoms. The molecule has 1 amide bonds. The van der Waals surface area contributed by atoms with Crippen LogP contribution in [0.2, 0.25) is 0 Å². The number of fused-ring (bicyclic) bond motifs is 1. The molecule has 3 rings (SSSR count). The Morgan fingerprint density at radius 3 is 2.71 bits per heavy atom. The van der Waals surface area contributed by atoms with Gasteiger partial charge in [0.15, 0.2) is 11.5 Å². The molecule has 1 aromatic carbocycles. The highest BCUT2D eigenvalue weighted by Gasteiger charge is 2.43. The van der Waals surface area contributed by atoms with E-state index in [1.165, 1.54) is 24.3 Å². The minimum atomic E-state index is -3.68. The van der Waals surface area contributed by atoms with Gasteiger partial charge in [0, 0.05) is 11.8 Å². The van der Waals surface area contributed by atoms with E-state index in [1.807, 2.05) is 0 Å². The van der Waals surface area contributed by atoms with E-state index >= 15 is 0 Å². The van der Waals surface area contributed by atoms with Crippen molar-refractivity contribution in [2.24, 2.45) is 0 Å². The molecule has 21 heavy (non-hydrogen) atoms. The lowest BCUT2D eigenvalue weighted by Crippen LogP contribution is -2.25. The number of carbonyl (C=O) groups is 1. The number of hydrogen-bond donors (Lipinski definition) is 1. The number of amides is 1. The third-order valence-corrected chi connectivity index (χ3v) is 3.05. The van der Waals surface area contributed by atoms with Gasteiger partial charge in [-0.25, -0.2) is 4.98 Å². The Morgan fingerprint density at radius 1 is 1.19 bits per heavy atom. The Kier molecular flexibility index (Phi) is 3.25. The Balaban J connectivity index is 1.79. The molecule has 2 aromatic rings. The molecule has 1 N–H and O–H groups in total. The molecule has 0 saturated heterocycles. The van der Waals surface area contributed by atoms with E-state index in [2.05, 4.69) is 35.7 Å². The number of rotatable bonds is 2. The van der Waals surface area contributed by atoms with Crippen LogP contribution in [0.5, 0.6) is 11.5 Å². The van der Waals surface area contributed by atoms with Crippen molar-refractivity contribution < 1.29 is 23.0 Å². The Labute approximate surface area is 126 Å². The number of aromatic nitrogens is 1. The number of carbonyl (C=O) groups excluding carboxylic acids is 1. The third-order valence-electron chi connectivity index (χ3n) is 2.61. The molecule has 1 aliphatic rings. The van der Waals surface area contributed by atoms with Gasteiger partial charge < -0.3 is 14.8 Å². The summed E-state index contributed by atoms with van der Waals surface area (Å²) in [6.07, 6.45) is -3.68. The largest absolute Gasteiger partial charge is 0.586 e. The van der Waals surface area contributed by atoms with Gasteiger partial charge in [-0.3, -0.25) is 4.79 Å². The Bertz CT molecular complexity index is 724. The molecule has 0 fully saturated rings. The SMILES string of the molecule is O=C(Nc1ccc2c(c1)OC(F)(F)O2)c1cccc(Br)n1. The van der Waals surface area contributed by atoms with Crippen LogP contribution in [0.15, 0.2) is 41.0 Å². The number of halogens is 3. The van der Waals surface area contributed by atoms with Crippen LogP contribution in [0.25, 0.3) is 0 Å². The number of alkyl halides is 2. The molecule has 5 nitrogen and oxygen atoms in total. The number of hydrogen-bond acceptors (Lipinski definition) is 4. The van der Waals surface area contributed by atoms with Gasteiger partial charge >= 0.3 is 6.29 Å². The Hall–Kier alpha value is -2.22. The van der Waals surface area contributed by atoms with Crippen molar-refractivity contribution in [1.29, 1.82) is 0 Å². The van der Waals surface area contributed by atoms with Crippen LogP contribution in [-0.4, -0.2) is 17.2 Å². The summed E-state index contributed by atoms with van der Waals surface area (Å²) in [5.74, 6) is -0.694. The van der Waals surface area contributed by atoms with Crippen LogP contribution >= 0.6 is 15.9 Å². The first-order valence-electron chi connectivity index (χ1n) is 5.77. The van der Waals surface area contributed by atoms with Gasteiger partial charge in [-0.15, -0.1) is 8.78 Å². The molecular formula is C13H7BrF2N2O3. The normalized spacial score (nSPS) is 14.8. The maximum absolute atomic E-state index is 12.9. The average molecular weight is 357 g/mol. The second kappa shape index (κ2) is 4.96. The minimum Gasteiger partial charge on any atom is -0.395 e. The predicted molar refractivity (Wildman–Crippen MR) is 72.5 cm³/mol. The monoisotopic (exact) mass is 356 g/mol. The van der Waals surface area contributed by atoms with E-state index in [9.17, 15) is 13.6 Å². The van der Waals surface area contributed by atoms with Crippen LogP contribution in [0.1, 0.15) is 10.5 Å². The minimum absolute atomic E-state index is 0.0846. The lowest BCUT2D eigenvalue weighted by atomic mass is 10.2. The predicted octanol–water partition coefficient (Wildman–Crippen LogP) is 3.42. The van der Waals surface area contributed by atoms with Crippen molar-refractivity contribution in [1.82, 2.24) is 4.98 Å². The molecule has 0 bridgehead atoms. The summed E-state index contributed by atoms with van der Waals surface area (Å²) < 4.78 is 34.9. The first-order valence-corrected chi connectivity index (χ1v) is 6.56. The molecule has 0 radical (unpaired) electrons. The fraction of sp³-hybridized carbons (Fsp3) is 0.0769. The van der Waals surface area contributed by atoms with Gasteiger partial charge in [0.05, 0.1) is 0 Å². The van der Waals surface area contributed by atoms with Crippen molar-refractivity contribution in [3.63, 3.8) is 0 Å². The number of anilines is 1. The standard InChI is InChI=1S/C13H7BrF2N2O3/c14-11-3-1-2-8(18-11)12(19)17-7-4-5-9-10(6-7)21-13(15,16)20-9/h1-6H,(H,17,19). The summed E-state index contributed by atoms with van der Waals surface area (Å²) in [5, 5.41) is 2.54. The number of nitrogens with one attached hydrogen (secondary N) is 1. The van der Waals surface area contributed by atoms with E-state index in [0.717, 1.165) is 0 Å². The fourth-order valence-electron chi connectivity index (χ4n) is 1.76. The summed E-state index contributed by atoms with van der Waals surface area (Å²) in [4.78, 5) is 16.0. The zero-order valence-corrected chi connectivity index (χ0v) is 11.9. The van der Waals surface area contributed by atoms with Crippen LogP contribution in [0, 0.1) is 0 Å². The van der Waals surface area contributed by atoms with E-state index in [0.29, 0.717) is 10.3 Å². The first-order chi connectivity index (χ1) is 9.93. The highest BCUT2D eigenvalue weighted by Crippen LogP contribution is 2.42. The molecule has 0 unspecified atom stereocenters. The van der Waals surface area contributed by atoms with E-state index in [4.69, 9.17) is 0 Å². The van der Waals surface area contributed by atoms with E-state index in [-0.39, 0.29) is 17.2 Å². The van der Waals surface area contributed by atoms with Gasteiger partial charge in [-0.05, 0) is 40.2 Å². The zero-order valence-electron chi connectivity index (χ0n) is 10.3. The molecular weight excluding hydrogens is 350 g/mol. The summed E-state index contributed by atoms with van der Waals surface area (Å²) in [6.45, 7) is 0. The van der Waals surface area contributed by atoms with Gasteiger partial charge in [-0.1, -0.05) is 6.07 Å². The van der Waals surface area contributed by atoms with Crippen molar-refractivity contribution >= 4 is 27.5 Å². The van der Waals surface area contributed by atoms with Crippen LogP contribution in [0.4, 0.5) is 14.5 Å². The molecule has 0 spiro atoms.